The Bertz CT molecular complexity index is 487. The molecule has 0 fully saturated rings. The average Bonchev–Trinajstić information content (AvgIpc) is 2.56. The van der Waals surface area contributed by atoms with Crippen LogP contribution in [0, 0.1) is 0 Å². The van der Waals surface area contributed by atoms with Crippen molar-refractivity contribution >= 4 is 5.78 Å². The van der Waals surface area contributed by atoms with E-state index in [1.165, 1.54) is 26.6 Å². The van der Waals surface area contributed by atoms with Crippen LogP contribution in [0.15, 0.2) is 36.7 Å². The Kier molecular flexibility index (Phi) is 8.37. The summed E-state index contributed by atoms with van der Waals surface area (Å²) in [4.78, 5) is 20.1. The topological polar surface area (TPSA) is 61.3 Å². The van der Waals surface area contributed by atoms with Crippen LogP contribution in [-0.2, 0) is 0 Å². The number of methoxy groups -OCH3 is 2. The molecule has 0 saturated heterocycles. The minimum absolute atomic E-state index is 0. The average molecular weight is 290 g/mol. The number of carbonyl (C=O) groups excluding carboxylic acids is 1. The molecule has 5 nitrogen and oxygen atoms in total. The Balaban J connectivity index is 0.00000128. The number of ketones is 1. The van der Waals surface area contributed by atoms with Crippen LogP contribution < -0.4 is 9.47 Å². The van der Waals surface area contributed by atoms with Crippen molar-refractivity contribution < 1.29 is 14.3 Å². The molecule has 0 aliphatic heterocycles. The molecule has 5 heteroatoms. The number of ether oxygens (including phenoxy) is 2. The van der Waals surface area contributed by atoms with Crippen LogP contribution in [0.4, 0.5) is 0 Å². The van der Waals surface area contributed by atoms with Crippen LogP contribution in [0.3, 0.4) is 0 Å². The Morgan fingerprint density at radius 1 is 0.857 bits per heavy atom. The fourth-order valence-electron chi connectivity index (χ4n) is 1.44. The number of hydrogen-bond donors (Lipinski definition) is 0. The Morgan fingerprint density at radius 3 is 1.48 bits per heavy atom. The summed E-state index contributed by atoms with van der Waals surface area (Å²) in [5.74, 6) is 0.805. The van der Waals surface area contributed by atoms with E-state index in [-0.39, 0.29) is 13.2 Å². The van der Waals surface area contributed by atoms with Crippen molar-refractivity contribution in [1.82, 2.24) is 9.97 Å². The first-order valence-electron chi connectivity index (χ1n) is 6.29. The van der Waals surface area contributed by atoms with E-state index in [0.29, 0.717) is 22.9 Å². The van der Waals surface area contributed by atoms with E-state index in [1.54, 1.807) is 24.3 Å². The molecule has 0 saturated carbocycles. The van der Waals surface area contributed by atoms with Gasteiger partial charge in [-0.2, -0.15) is 0 Å². The molecular formula is C16H22N2O3. The predicted molar refractivity (Wildman–Crippen MR) is 83.1 cm³/mol. The highest BCUT2D eigenvalue weighted by atomic mass is 16.5. The van der Waals surface area contributed by atoms with Crippen LogP contribution >= 0.6 is 0 Å². The zero-order chi connectivity index (χ0) is 15.0. The van der Waals surface area contributed by atoms with Gasteiger partial charge in [-0.3, -0.25) is 4.79 Å². The van der Waals surface area contributed by atoms with Crippen molar-refractivity contribution in [3.05, 3.63) is 47.8 Å². The SMILES string of the molecule is C.CC.COc1ccc(C(=O)c2ccc(OC)nc2)cn1. The molecule has 0 bridgehead atoms. The number of nitrogens with zero attached hydrogens (tertiary/aromatic N) is 2. The molecule has 0 spiro atoms. The summed E-state index contributed by atoms with van der Waals surface area (Å²) >= 11 is 0. The van der Waals surface area contributed by atoms with Crippen molar-refractivity contribution in [2.24, 2.45) is 0 Å². The standard InChI is InChI=1S/C13H12N2O3.C2H6.CH4/c1-17-11-5-3-9(7-14-11)13(16)10-4-6-12(18-2)15-8-10;1-2;/h3-8H,1-2H3;1-2H3;1H4. The Labute approximate surface area is 126 Å². The second kappa shape index (κ2) is 9.47. The molecule has 0 atom stereocenters. The molecule has 0 aromatic carbocycles. The second-order valence-electron chi connectivity index (χ2n) is 3.51. The lowest BCUT2D eigenvalue weighted by molar-refractivity contribution is 0.103. The maximum atomic E-state index is 12.1. The van der Waals surface area contributed by atoms with Gasteiger partial charge in [-0.25, -0.2) is 9.97 Å². The molecule has 2 aromatic heterocycles. The van der Waals surface area contributed by atoms with Crippen molar-refractivity contribution in [1.29, 1.82) is 0 Å². The van der Waals surface area contributed by atoms with E-state index in [1.807, 2.05) is 13.8 Å². The summed E-state index contributed by atoms with van der Waals surface area (Å²) in [6.07, 6.45) is 2.96. The van der Waals surface area contributed by atoms with Gasteiger partial charge in [-0.15, -0.1) is 0 Å². The lowest BCUT2D eigenvalue weighted by Gasteiger charge is -2.03. The highest BCUT2D eigenvalue weighted by Gasteiger charge is 2.10. The molecule has 0 unspecified atom stereocenters. The molecule has 0 amide bonds. The quantitative estimate of drug-likeness (QED) is 0.808. The molecule has 0 N–H and O–H groups in total. The third kappa shape index (κ3) is 4.87. The number of carbonyl (C=O) groups is 1. The maximum Gasteiger partial charge on any atom is 0.212 e. The van der Waals surface area contributed by atoms with Gasteiger partial charge >= 0.3 is 0 Å². The molecule has 114 valence electrons. The fraction of sp³-hybridized carbons (Fsp3) is 0.312. The first-order valence-corrected chi connectivity index (χ1v) is 6.29. The zero-order valence-corrected chi connectivity index (χ0v) is 12.1. The predicted octanol–water partition coefficient (Wildman–Crippen LogP) is 3.39. The van der Waals surface area contributed by atoms with E-state index in [4.69, 9.17) is 9.47 Å². The van der Waals surface area contributed by atoms with Crippen molar-refractivity contribution in [2.75, 3.05) is 14.2 Å². The minimum atomic E-state index is -0.139. The van der Waals surface area contributed by atoms with Crippen LogP contribution in [-0.4, -0.2) is 30.0 Å². The lowest BCUT2D eigenvalue weighted by atomic mass is 10.1. The number of pyridine rings is 2. The fourth-order valence-corrected chi connectivity index (χ4v) is 1.44. The van der Waals surface area contributed by atoms with Gasteiger partial charge in [0.1, 0.15) is 0 Å². The van der Waals surface area contributed by atoms with Gasteiger partial charge in [0.15, 0.2) is 5.78 Å². The first-order chi connectivity index (χ1) is 9.74. The summed E-state index contributed by atoms with van der Waals surface area (Å²) in [5, 5.41) is 0. The van der Waals surface area contributed by atoms with Gasteiger partial charge in [0.25, 0.3) is 0 Å². The zero-order valence-electron chi connectivity index (χ0n) is 12.1. The molecule has 2 rings (SSSR count). The van der Waals surface area contributed by atoms with Crippen LogP contribution in [0.25, 0.3) is 0 Å². The Hall–Kier alpha value is -2.43. The third-order valence-electron chi connectivity index (χ3n) is 2.42. The molecule has 21 heavy (non-hydrogen) atoms. The maximum absolute atomic E-state index is 12.1. The van der Waals surface area contributed by atoms with Crippen LogP contribution in [0.5, 0.6) is 11.8 Å². The van der Waals surface area contributed by atoms with E-state index in [9.17, 15) is 4.79 Å². The molecule has 2 aromatic rings. The second-order valence-corrected chi connectivity index (χ2v) is 3.51. The molecule has 0 aliphatic carbocycles. The Morgan fingerprint density at radius 2 is 1.24 bits per heavy atom. The third-order valence-corrected chi connectivity index (χ3v) is 2.42. The van der Waals surface area contributed by atoms with Crippen LogP contribution in [0.2, 0.25) is 0 Å². The number of rotatable bonds is 4. The summed E-state index contributed by atoms with van der Waals surface area (Å²) in [6, 6.07) is 6.62. The van der Waals surface area contributed by atoms with Gasteiger partial charge < -0.3 is 9.47 Å². The summed E-state index contributed by atoms with van der Waals surface area (Å²) in [5.41, 5.74) is 0.977. The van der Waals surface area contributed by atoms with E-state index in [2.05, 4.69) is 9.97 Å². The highest BCUT2D eigenvalue weighted by molar-refractivity contribution is 6.08. The summed E-state index contributed by atoms with van der Waals surface area (Å²) < 4.78 is 9.87. The van der Waals surface area contributed by atoms with Gasteiger partial charge in [0.05, 0.1) is 14.2 Å². The van der Waals surface area contributed by atoms with E-state index in [0.717, 1.165) is 0 Å². The molecule has 2 heterocycles. The van der Waals surface area contributed by atoms with Gasteiger partial charge in [0.2, 0.25) is 11.8 Å². The normalized spacial score (nSPS) is 8.76. The van der Waals surface area contributed by atoms with E-state index < -0.39 is 0 Å². The molecule has 0 radical (unpaired) electrons. The monoisotopic (exact) mass is 290 g/mol. The van der Waals surface area contributed by atoms with Crippen LogP contribution in [0.1, 0.15) is 37.2 Å². The lowest BCUT2D eigenvalue weighted by Crippen LogP contribution is -2.03. The van der Waals surface area contributed by atoms with Crippen molar-refractivity contribution in [3.8, 4) is 11.8 Å². The first kappa shape index (κ1) is 18.6. The van der Waals surface area contributed by atoms with Gasteiger partial charge in [-0.1, -0.05) is 21.3 Å². The van der Waals surface area contributed by atoms with E-state index >= 15 is 0 Å². The number of aromatic nitrogens is 2. The minimum Gasteiger partial charge on any atom is -0.481 e. The number of hydrogen-bond acceptors (Lipinski definition) is 5. The van der Waals surface area contributed by atoms with Crippen molar-refractivity contribution in [3.63, 3.8) is 0 Å². The van der Waals surface area contributed by atoms with Gasteiger partial charge in [0, 0.05) is 35.7 Å². The summed E-state index contributed by atoms with van der Waals surface area (Å²) in [6.45, 7) is 4.00. The highest BCUT2D eigenvalue weighted by Crippen LogP contribution is 2.13. The van der Waals surface area contributed by atoms with Gasteiger partial charge in [-0.05, 0) is 12.1 Å². The molecule has 0 aliphatic rings. The largest absolute Gasteiger partial charge is 0.481 e. The smallest absolute Gasteiger partial charge is 0.212 e. The summed E-state index contributed by atoms with van der Waals surface area (Å²) in [7, 11) is 3.05. The van der Waals surface area contributed by atoms with Crippen molar-refractivity contribution in [2.45, 2.75) is 21.3 Å². The molecular weight excluding hydrogens is 268 g/mol.